The van der Waals surface area contributed by atoms with Gasteiger partial charge in [-0.3, -0.25) is 9.89 Å². The van der Waals surface area contributed by atoms with Crippen molar-refractivity contribution in [3.05, 3.63) is 18.5 Å². The highest BCUT2D eigenvalue weighted by Crippen LogP contribution is 2.29. The highest BCUT2D eigenvalue weighted by Gasteiger charge is 2.24. The lowest BCUT2D eigenvalue weighted by atomic mass is 9.80. The maximum absolute atomic E-state index is 4.42. The molecule has 7 nitrogen and oxygen atoms in total. The molecule has 0 spiro atoms. The van der Waals surface area contributed by atoms with Crippen LogP contribution in [0.2, 0.25) is 0 Å². The van der Waals surface area contributed by atoms with Gasteiger partial charge in [0.1, 0.15) is 0 Å². The van der Waals surface area contributed by atoms with Gasteiger partial charge in [-0.25, -0.2) is 9.97 Å². The van der Waals surface area contributed by atoms with Crippen LogP contribution in [0.25, 0.3) is 0 Å². The van der Waals surface area contributed by atoms with Crippen LogP contribution in [0.15, 0.2) is 23.5 Å². The molecule has 0 radical (unpaired) electrons. The van der Waals surface area contributed by atoms with E-state index in [2.05, 4.69) is 49.2 Å². The molecule has 1 aromatic rings. The highest BCUT2D eigenvalue weighted by atomic mass is 15.3. The van der Waals surface area contributed by atoms with E-state index in [1.54, 1.807) is 0 Å². The lowest BCUT2D eigenvalue weighted by Gasteiger charge is -2.35. The van der Waals surface area contributed by atoms with Crippen molar-refractivity contribution in [2.24, 2.45) is 16.8 Å². The Morgan fingerprint density at radius 3 is 2.39 bits per heavy atom. The predicted octanol–water partition coefficient (Wildman–Crippen LogP) is 1.98. The lowest BCUT2D eigenvalue weighted by molar-refractivity contribution is 0.248. The molecule has 1 aliphatic heterocycles. The van der Waals surface area contributed by atoms with Gasteiger partial charge in [0.2, 0.25) is 5.95 Å². The molecule has 7 heteroatoms. The van der Waals surface area contributed by atoms with Crippen molar-refractivity contribution in [2.75, 3.05) is 51.2 Å². The molecule has 2 heterocycles. The average Bonchev–Trinajstić information content (AvgIpc) is 2.74. The van der Waals surface area contributed by atoms with E-state index in [1.165, 1.54) is 25.7 Å². The Morgan fingerprint density at radius 2 is 1.79 bits per heavy atom. The van der Waals surface area contributed by atoms with Crippen LogP contribution in [0.1, 0.15) is 39.5 Å². The summed E-state index contributed by atoms with van der Waals surface area (Å²) in [6.45, 7) is 10.7. The molecule has 0 amide bonds. The van der Waals surface area contributed by atoms with E-state index >= 15 is 0 Å². The predicted molar refractivity (Wildman–Crippen MR) is 116 cm³/mol. The summed E-state index contributed by atoms with van der Waals surface area (Å²) in [7, 11) is 1.87. The molecule has 2 aliphatic rings. The van der Waals surface area contributed by atoms with Gasteiger partial charge in [-0.2, -0.15) is 0 Å². The minimum absolute atomic E-state index is 0.565. The maximum Gasteiger partial charge on any atom is 0.225 e. The molecule has 3 rings (SSSR count). The molecule has 1 saturated heterocycles. The zero-order valence-corrected chi connectivity index (χ0v) is 17.8. The van der Waals surface area contributed by atoms with E-state index in [9.17, 15) is 0 Å². The smallest absolute Gasteiger partial charge is 0.225 e. The molecule has 1 aromatic heterocycles. The summed E-state index contributed by atoms with van der Waals surface area (Å²) in [4.78, 5) is 17.9. The zero-order chi connectivity index (χ0) is 19.8. The van der Waals surface area contributed by atoms with Crippen molar-refractivity contribution in [3.63, 3.8) is 0 Å². The standard InChI is InChI=1S/C21H37N7/c1-17(2)18-5-7-19(8-6-18)26-20(22-3)23-11-12-27-13-15-28(16-14-27)21-24-9-4-10-25-21/h4,9-10,17-19H,5-8,11-16H2,1-3H3,(H2,22,23,26). The van der Waals surface area contributed by atoms with E-state index in [0.29, 0.717) is 6.04 Å². The van der Waals surface area contributed by atoms with Crippen molar-refractivity contribution >= 4 is 11.9 Å². The summed E-state index contributed by atoms with van der Waals surface area (Å²) in [6, 6.07) is 2.43. The molecular weight excluding hydrogens is 350 g/mol. The van der Waals surface area contributed by atoms with Gasteiger partial charge in [0.25, 0.3) is 0 Å². The molecule has 2 fully saturated rings. The van der Waals surface area contributed by atoms with E-state index in [1.807, 2.05) is 25.5 Å². The van der Waals surface area contributed by atoms with Crippen LogP contribution in [-0.4, -0.2) is 73.2 Å². The first-order valence-corrected chi connectivity index (χ1v) is 10.9. The van der Waals surface area contributed by atoms with E-state index in [0.717, 1.165) is 63.0 Å². The van der Waals surface area contributed by atoms with Gasteiger partial charge >= 0.3 is 0 Å². The topological polar surface area (TPSA) is 68.7 Å². The first-order chi connectivity index (χ1) is 13.7. The molecule has 1 aliphatic carbocycles. The number of nitrogens with zero attached hydrogens (tertiary/aromatic N) is 5. The van der Waals surface area contributed by atoms with Crippen LogP contribution >= 0.6 is 0 Å². The number of hydrogen-bond donors (Lipinski definition) is 2. The number of nitrogens with one attached hydrogen (secondary N) is 2. The summed E-state index contributed by atoms with van der Waals surface area (Å²) in [6.07, 6.45) is 8.81. The van der Waals surface area contributed by atoms with Gasteiger partial charge in [-0.05, 0) is 43.6 Å². The minimum Gasteiger partial charge on any atom is -0.355 e. The fourth-order valence-corrected chi connectivity index (χ4v) is 4.28. The third kappa shape index (κ3) is 6.06. The maximum atomic E-state index is 4.42. The molecule has 0 unspecified atom stereocenters. The van der Waals surface area contributed by atoms with Gasteiger partial charge in [0.15, 0.2) is 5.96 Å². The number of aromatic nitrogens is 2. The van der Waals surface area contributed by atoms with Crippen LogP contribution in [0.4, 0.5) is 5.95 Å². The van der Waals surface area contributed by atoms with Crippen LogP contribution in [0.3, 0.4) is 0 Å². The molecule has 0 aromatic carbocycles. The Morgan fingerprint density at radius 1 is 1.11 bits per heavy atom. The Labute approximate surface area is 170 Å². The largest absolute Gasteiger partial charge is 0.355 e. The second kappa shape index (κ2) is 10.6. The normalized spacial score (nSPS) is 24.4. The Kier molecular flexibility index (Phi) is 7.89. The summed E-state index contributed by atoms with van der Waals surface area (Å²) in [5.74, 6) is 3.50. The third-order valence-corrected chi connectivity index (χ3v) is 6.21. The number of anilines is 1. The zero-order valence-electron chi connectivity index (χ0n) is 17.8. The second-order valence-corrected chi connectivity index (χ2v) is 8.38. The summed E-state index contributed by atoms with van der Waals surface area (Å²) in [5, 5.41) is 7.13. The van der Waals surface area contributed by atoms with Gasteiger partial charge in [-0.15, -0.1) is 0 Å². The highest BCUT2D eigenvalue weighted by molar-refractivity contribution is 5.79. The SMILES string of the molecule is CN=C(NCCN1CCN(c2ncccn2)CC1)NC1CCC(C(C)C)CC1. The van der Waals surface area contributed by atoms with Gasteiger partial charge < -0.3 is 15.5 Å². The number of rotatable bonds is 6. The first kappa shape index (κ1) is 20.8. The van der Waals surface area contributed by atoms with Crippen LogP contribution < -0.4 is 15.5 Å². The summed E-state index contributed by atoms with van der Waals surface area (Å²) in [5.41, 5.74) is 0. The van der Waals surface area contributed by atoms with Crippen molar-refractivity contribution in [1.82, 2.24) is 25.5 Å². The first-order valence-electron chi connectivity index (χ1n) is 10.9. The summed E-state index contributed by atoms with van der Waals surface area (Å²) < 4.78 is 0. The van der Waals surface area contributed by atoms with Crippen molar-refractivity contribution < 1.29 is 0 Å². The number of piperazine rings is 1. The summed E-state index contributed by atoms with van der Waals surface area (Å²) >= 11 is 0. The van der Waals surface area contributed by atoms with Gasteiger partial charge in [0, 0.05) is 64.8 Å². The molecular formula is C21H37N7. The van der Waals surface area contributed by atoms with Crippen LogP contribution in [0, 0.1) is 11.8 Å². The quantitative estimate of drug-likeness (QED) is 0.575. The Bertz CT molecular complexity index is 588. The molecule has 28 heavy (non-hydrogen) atoms. The molecule has 0 atom stereocenters. The van der Waals surface area contributed by atoms with Crippen LogP contribution in [-0.2, 0) is 0 Å². The van der Waals surface area contributed by atoms with E-state index in [4.69, 9.17) is 0 Å². The fourth-order valence-electron chi connectivity index (χ4n) is 4.28. The number of aliphatic imine (C=N–C) groups is 1. The van der Waals surface area contributed by atoms with Gasteiger partial charge in [0.05, 0.1) is 0 Å². The van der Waals surface area contributed by atoms with Crippen molar-refractivity contribution in [1.29, 1.82) is 0 Å². The van der Waals surface area contributed by atoms with Crippen molar-refractivity contribution in [2.45, 2.75) is 45.6 Å². The van der Waals surface area contributed by atoms with E-state index in [-0.39, 0.29) is 0 Å². The minimum atomic E-state index is 0.565. The van der Waals surface area contributed by atoms with Crippen molar-refractivity contribution in [3.8, 4) is 0 Å². The number of guanidine groups is 1. The second-order valence-electron chi connectivity index (χ2n) is 8.38. The van der Waals surface area contributed by atoms with E-state index < -0.39 is 0 Å². The lowest BCUT2D eigenvalue weighted by Crippen LogP contribution is -2.50. The van der Waals surface area contributed by atoms with Crippen LogP contribution in [0.5, 0.6) is 0 Å². The molecule has 0 bridgehead atoms. The molecule has 2 N–H and O–H groups in total. The molecule has 1 saturated carbocycles. The fraction of sp³-hybridized carbons (Fsp3) is 0.762. The Hall–Kier alpha value is -1.89. The average molecular weight is 388 g/mol. The number of hydrogen-bond acceptors (Lipinski definition) is 5. The van der Waals surface area contributed by atoms with Gasteiger partial charge in [-0.1, -0.05) is 13.8 Å². The molecule has 156 valence electrons. The Balaban J connectivity index is 1.32. The monoisotopic (exact) mass is 387 g/mol. The third-order valence-electron chi connectivity index (χ3n) is 6.21.